The highest BCUT2D eigenvalue weighted by Crippen LogP contribution is 2.32. The van der Waals surface area contributed by atoms with E-state index in [-0.39, 0.29) is 11.8 Å². The van der Waals surface area contributed by atoms with E-state index < -0.39 is 11.7 Å². The fraction of sp³-hybridized carbons (Fsp3) is 0.280. The van der Waals surface area contributed by atoms with E-state index in [4.69, 9.17) is 0 Å². The number of nitrogens with zero attached hydrogens (tertiary/aromatic N) is 1. The average molecular weight is 454 g/mol. The van der Waals surface area contributed by atoms with Gasteiger partial charge < -0.3 is 16.0 Å². The number of nitrogens with one attached hydrogen (secondary N) is 3. The molecule has 5 nitrogen and oxygen atoms in total. The summed E-state index contributed by atoms with van der Waals surface area (Å²) in [6.07, 6.45) is 2.32. The number of amides is 1. The van der Waals surface area contributed by atoms with Gasteiger partial charge in [0.15, 0.2) is 0 Å². The number of carbonyl (C=O) groups excluding carboxylic acids is 1. The molecule has 0 atom stereocenters. The van der Waals surface area contributed by atoms with Crippen LogP contribution in [0.15, 0.2) is 77.1 Å². The monoisotopic (exact) mass is 454 g/mol. The quantitative estimate of drug-likeness (QED) is 0.463. The van der Waals surface area contributed by atoms with Crippen LogP contribution in [0.25, 0.3) is 0 Å². The van der Waals surface area contributed by atoms with Gasteiger partial charge in [-0.1, -0.05) is 19.1 Å². The molecule has 0 spiro atoms. The van der Waals surface area contributed by atoms with E-state index in [1.165, 1.54) is 6.07 Å². The zero-order valence-corrected chi connectivity index (χ0v) is 18.2. The van der Waals surface area contributed by atoms with Crippen LogP contribution in [0.4, 0.5) is 30.2 Å². The summed E-state index contributed by atoms with van der Waals surface area (Å²) in [7, 11) is 0. The third-order valence-corrected chi connectivity index (χ3v) is 5.41. The predicted molar refractivity (Wildman–Crippen MR) is 125 cm³/mol. The number of aliphatic imine (C=N–C) groups is 1. The van der Waals surface area contributed by atoms with E-state index in [9.17, 15) is 18.0 Å². The van der Waals surface area contributed by atoms with Crippen LogP contribution < -0.4 is 16.0 Å². The number of rotatable bonds is 6. The summed E-state index contributed by atoms with van der Waals surface area (Å²) in [5.41, 5.74) is 2.86. The Balaban J connectivity index is 1.52. The molecule has 2 aromatic rings. The second-order valence-corrected chi connectivity index (χ2v) is 8.17. The van der Waals surface area contributed by atoms with Crippen LogP contribution in [0.2, 0.25) is 0 Å². The Hall–Kier alpha value is -3.55. The lowest BCUT2D eigenvalue weighted by molar-refractivity contribution is -0.137. The van der Waals surface area contributed by atoms with E-state index in [0.29, 0.717) is 23.6 Å². The summed E-state index contributed by atoms with van der Waals surface area (Å²) in [5, 5.41) is 9.26. The molecule has 1 amide bonds. The van der Waals surface area contributed by atoms with Crippen molar-refractivity contribution in [2.24, 2.45) is 10.9 Å². The third kappa shape index (κ3) is 6.25. The maximum atomic E-state index is 13.1. The summed E-state index contributed by atoms with van der Waals surface area (Å²) in [5.74, 6) is 0.679. The van der Waals surface area contributed by atoms with Crippen molar-refractivity contribution in [2.45, 2.75) is 38.8 Å². The second kappa shape index (κ2) is 9.52. The Bertz CT molecular complexity index is 1130. The molecule has 33 heavy (non-hydrogen) atoms. The molecule has 1 aliphatic heterocycles. The van der Waals surface area contributed by atoms with Crippen LogP contribution in [0.1, 0.15) is 38.2 Å². The minimum Gasteiger partial charge on any atom is -0.359 e. The minimum absolute atomic E-state index is 0.0296. The van der Waals surface area contributed by atoms with Crippen LogP contribution in [-0.2, 0) is 11.0 Å². The van der Waals surface area contributed by atoms with E-state index >= 15 is 0 Å². The molecule has 1 saturated carbocycles. The summed E-state index contributed by atoms with van der Waals surface area (Å²) in [4.78, 5) is 16.6. The average Bonchev–Trinajstić information content (AvgIpc) is 3.62. The van der Waals surface area contributed by atoms with Crippen molar-refractivity contribution in [3.8, 4) is 0 Å². The molecule has 1 aliphatic carbocycles. The van der Waals surface area contributed by atoms with Gasteiger partial charge in [0, 0.05) is 47.4 Å². The van der Waals surface area contributed by atoms with Crippen molar-refractivity contribution in [1.82, 2.24) is 0 Å². The van der Waals surface area contributed by atoms with Crippen LogP contribution in [0, 0.1) is 5.92 Å². The van der Waals surface area contributed by atoms with E-state index in [0.717, 1.165) is 48.4 Å². The molecule has 0 unspecified atom stereocenters. The van der Waals surface area contributed by atoms with Crippen LogP contribution >= 0.6 is 0 Å². The van der Waals surface area contributed by atoms with Crippen LogP contribution in [-0.4, -0.2) is 11.7 Å². The van der Waals surface area contributed by atoms with Crippen molar-refractivity contribution in [1.29, 1.82) is 0 Å². The molecule has 0 saturated heterocycles. The molecule has 1 fully saturated rings. The first-order valence-corrected chi connectivity index (χ1v) is 10.9. The fourth-order valence-corrected chi connectivity index (χ4v) is 3.44. The highest BCUT2D eigenvalue weighted by Gasteiger charge is 2.30. The molecule has 0 bridgehead atoms. The van der Waals surface area contributed by atoms with Gasteiger partial charge in [-0.05, 0) is 61.2 Å². The molecule has 8 heteroatoms. The molecule has 0 radical (unpaired) electrons. The summed E-state index contributed by atoms with van der Waals surface area (Å²) in [6, 6.07) is 12.5. The van der Waals surface area contributed by atoms with Gasteiger partial charge in [0.1, 0.15) is 5.84 Å². The number of carbonyl (C=O) groups is 1. The number of anilines is 3. The maximum Gasteiger partial charge on any atom is 0.416 e. The topological polar surface area (TPSA) is 65.5 Å². The van der Waals surface area contributed by atoms with Gasteiger partial charge in [0.25, 0.3) is 0 Å². The molecule has 2 aliphatic rings. The normalized spacial score (nSPS) is 16.2. The number of alkyl halides is 3. The Morgan fingerprint density at radius 2 is 1.73 bits per heavy atom. The van der Waals surface area contributed by atoms with Gasteiger partial charge in [0.05, 0.1) is 5.56 Å². The van der Waals surface area contributed by atoms with Crippen LogP contribution in [0.3, 0.4) is 0 Å². The summed E-state index contributed by atoms with van der Waals surface area (Å²) < 4.78 is 39.3. The van der Waals surface area contributed by atoms with Crippen molar-refractivity contribution in [3.63, 3.8) is 0 Å². The summed E-state index contributed by atoms with van der Waals surface area (Å²) in [6.45, 7) is 2.01. The maximum absolute atomic E-state index is 13.1. The number of amidine groups is 1. The van der Waals surface area contributed by atoms with Crippen molar-refractivity contribution >= 4 is 28.8 Å². The Labute approximate surface area is 190 Å². The number of benzene rings is 2. The van der Waals surface area contributed by atoms with Crippen molar-refractivity contribution in [2.75, 3.05) is 16.0 Å². The molecular formula is C25H25F3N4O. The Kier molecular flexibility index (Phi) is 6.53. The van der Waals surface area contributed by atoms with E-state index in [1.54, 1.807) is 18.3 Å². The number of halogens is 3. The highest BCUT2D eigenvalue weighted by molar-refractivity contribution is 6.05. The van der Waals surface area contributed by atoms with Gasteiger partial charge in [-0.2, -0.15) is 13.2 Å². The molecule has 172 valence electrons. The lowest BCUT2D eigenvalue weighted by Gasteiger charge is -2.14. The lowest BCUT2D eigenvalue weighted by atomic mass is 10.1. The molecule has 4 rings (SSSR count). The number of hydrogen-bond donors (Lipinski definition) is 3. The molecule has 2 aromatic carbocycles. The fourth-order valence-electron chi connectivity index (χ4n) is 3.44. The molecule has 1 heterocycles. The predicted octanol–water partition coefficient (Wildman–Crippen LogP) is 6.56. The minimum atomic E-state index is -4.40. The first-order chi connectivity index (χ1) is 15.8. The first kappa shape index (κ1) is 22.6. The number of hydrogen-bond acceptors (Lipinski definition) is 4. The van der Waals surface area contributed by atoms with Crippen molar-refractivity contribution < 1.29 is 18.0 Å². The Morgan fingerprint density at radius 3 is 2.42 bits per heavy atom. The van der Waals surface area contributed by atoms with Gasteiger partial charge in [-0.3, -0.25) is 4.79 Å². The third-order valence-electron chi connectivity index (χ3n) is 5.41. The van der Waals surface area contributed by atoms with E-state index in [2.05, 4.69) is 20.9 Å². The van der Waals surface area contributed by atoms with Crippen LogP contribution in [0.5, 0.6) is 0 Å². The van der Waals surface area contributed by atoms with Gasteiger partial charge in [0.2, 0.25) is 5.91 Å². The standard InChI is InChI=1S/C25H25F3N4O/c1-2-16-11-22(30-19-6-3-5-18(12-19)25(26,27)28)14-23(29-15-16)31-20-7-4-8-21(13-20)32-24(33)17-9-10-17/h3-8,12-15,17,30H,2,9-11H2,1H3,(H,29,31)(H,32,33). The van der Waals surface area contributed by atoms with Gasteiger partial charge in [-0.15, -0.1) is 0 Å². The zero-order valence-electron chi connectivity index (χ0n) is 18.2. The van der Waals surface area contributed by atoms with E-state index in [1.807, 2.05) is 31.2 Å². The van der Waals surface area contributed by atoms with Crippen molar-refractivity contribution in [3.05, 3.63) is 77.6 Å². The molecular weight excluding hydrogens is 429 g/mol. The summed E-state index contributed by atoms with van der Waals surface area (Å²) >= 11 is 0. The second-order valence-electron chi connectivity index (χ2n) is 8.17. The smallest absolute Gasteiger partial charge is 0.359 e. The number of allylic oxidation sites excluding steroid dienone is 1. The molecule has 0 aromatic heterocycles. The first-order valence-electron chi connectivity index (χ1n) is 10.9. The zero-order chi connectivity index (χ0) is 23.4. The largest absolute Gasteiger partial charge is 0.416 e. The highest BCUT2D eigenvalue weighted by atomic mass is 19.4. The Morgan fingerprint density at radius 1 is 1.03 bits per heavy atom. The molecule has 3 N–H and O–H groups in total. The SMILES string of the molecule is CCC1=CN=C(Nc2cccc(NC(=O)C3CC3)c2)C=C(Nc2cccc(C(F)(F)F)c2)C1. The van der Waals surface area contributed by atoms with Gasteiger partial charge in [-0.25, -0.2) is 4.99 Å². The lowest BCUT2D eigenvalue weighted by Crippen LogP contribution is -2.14. The van der Waals surface area contributed by atoms with Gasteiger partial charge >= 0.3 is 6.18 Å².